The van der Waals surface area contributed by atoms with Crippen molar-refractivity contribution in [3.8, 4) is 17.2 Å². The normalized spacial score (nSPS) is 15.4. The topological polar surface area (TPSA) is 71.9 Å². The van der Waals surface area contributed by atoms with Gasteiger partial charge >= 0.3 is 0 Å². The first-order valence-corrected chi connectivity index (χ1v) is 7.77. The van der Waals surface area contributed by atoms with Gasteiger partial charge < -0.3 is 19.1 Å². The number of ether oxygens (including phenoxy) is 3. The molecule has 2 rings (SSSR count). The maximum atomic E-state index is 12.3. The third-order valence-corrected chi connectivity index (χ3v) is 3.80. The number of rotatable bonds is 4. The van der Waals surface area contributed by atoms with E-state index in [0.717, 1.165) is 0 Å². The van der Waals surface area contributed by atoms with Gasteiger partial charge in [0.05, 0.1) is 19.1 Å². The van der Waals surface area contributed by atoms with Crippen molar-refractivity contribution in [1.29, 1.82) is 5.41 Å². The molecule has 0 saturated carbocycles. The number of carbonyl (C=O) groups is 1. The second-order valence-electron chi connectivity index (χ2n) is 6.01. The summed E-state index contributed by atoms with van der Waals surface area (Å²) in [5, 5.41) is 8.05. The van der Waals surface area contributed by atoms with Gasteiger partial charge in [-0.25, -0.2) is 0 Å². The minimum Gasteiger partial charge on any atom is -0.490 e. The summed E-state index contributed by atoms with van der Waals surface area (Å²) in [6.45, 7) is 8.97. The smallest absolute Gasteiger partial charge is 0.290 e. The Morgan fingerprint density at radius 3 is 2.57 bits per heavy atom. The van der Waals surface area contributed by atoms with E-state index in [1.54, 1.807) is 17.0 Å². The number of hydrogen-bond acceptors (Lipinski definition) is 5. The van der Waals surface area contributed by atoms with E-state index in [1.807, 2.05) is 27.7 Å². The lowest BCUT2D eigenvalue weighted by Gasteiger charge is -2.33. The first-order valence-electron chi connectivity index (χ1n) is 7.77. The SMILES string of the molecule is CCN(CC)C(=N)Oc1ccc2c(c1OC)OC(C)(C)CC2=O. The van der Waals surface area contributed by atoms with Gasteiger partial charge in [-0.2, -0.15) is 0 Å². The summed E-state index contributed by atoms with van der Waals surface area (Å²) in [6, 6.07) is 3.35. The van der Waals surface area contributed by atoms with Crippen molar-refractivity contribution < 1.29 is 19.0 Å². The molecule has 23 heavy (non-hydrogen) atoms. The van der Waals surface area contributed by atoms with Crippen LogP contribution in [-0.4, -0.2) is 42.5 Å². The predicted octanol–water partition coefficient (Wildman–Crippen LogP) is 3.09. The van der Waals surface area contributed by atoms with Gasteiger partial charge in [-0.15, -0.1) is 0 Å². The Kier molecular flexibility index (Phi) is 4.82. The number of Topliss-reactive ketones (excluding diaryl/α,β-unsaturated/α-hetero) is 1. The van der Waals surface area contributed by atoms with Gasteiger partial charge in [-0.3, -0.25) is 10.2 Å². The number of methoxy groups -OCH3 is 1. The largest absolute Gasteiger partial charge is 0.490 e. The van der Waals surface area contributed by atoms with Gasteiger partial charge in [0.1, 0.15) is 5.60 Å². The molecule has 6 heteroatoms. The molecule has 1 aromatic carbocycles. The molecular formula is C17H24N2O4. The first kappa shape index (κ1) is 17.1. The van der Waals surface area contributed by atoms with Crippen LogP contribution in [0.25, 0.3) is 0 Å². The Hall–Kier alpha value is -2.24. The van der Waals surface area contributed by atoms with Crippen molar-refractivity contribution in [3.63, 3.8) is 0 Å². The van der Waals surface area contributed by atoms with Crippen LogP contribution in [0.2, 0.25) is 0 Å². The molecule has 0 unspecified atom stereocenters. The van der Waals surface area contributed by atoms with Crippen molar-refractivity contribution in [1.82, 2.24) is 4.90 Å². The van der Waals surface area contributed by atoms with Gasteiger partial charge in [0.2, 0.25) is 5.75 Å². The third-order valence-electron chi connectivity index (χ3n) is 3.80. The number of carbonyl (C=O) groups excluding carboxylic acids is 1. The van der Waals surface area contributed by atoms with Crippen LogP contribution in [0.1, 0.15) is 44.5 Å². The molecular weight excluding hydrogens is 296 g/mol. The highest BCUT2D eigenvalue weighted by atomic mass is 16.6. The molecule has 1 aliphatic rings. The van der Waals surface area contributed by atoms with Crippen molar-refractivity contribution >= 4 is 11.8 Å². The number of ketones is 1. The van der Waals surface area contributed by atoms with Crippen LogP contribution in [0.5, 0.6) is 17.2 Å². The number of nitrogens with one attached hydrogen (secondary N) is 1. The second-order valence-corrected chi connectivity index (χ2v) is 6.01. The van der Waals surface area contributed by atoms with Gasteiger partial charge in [-0.05, 0) is 39.8 Å². The fraction of sp³-hybridized carbons (Fsp3) is 0.529. The van der Waals surface area contributed by atoms with Gasteiger partial charge in [0.15, 0.2) is 17.3 Å². The average Bonchev–Trinajstić information content (AvgIpc) is 2.47. The van der Waals surface area contributed by atoms with Crippen LogP contribution in [0, 0.1) is 5.41 Å². The van der Waals surface area contributed by atoms with E-state index in [-0.39, 0.29) is 11.8 Å². The highest BCUT2D eigenvalue weighted by molar-refractivity contribution is 6.01. The predicted molar refractivity (Wildman–Crippen MR) is 87.9 cm³/mol. The minimum atomic E-state index is -0.595. The number of nitrogens with zero attached hydrogens (tertiary/aromatic N) is 1. The summed E-state index contributed by atoms with van der Waals surface area (Å²) < 4.78 is 17.0. The third kappa shape index (κ3) is 3.41. The highest BCUT2D eigenvalue weighted by Gasteiger charge is 2.35. The molecule has 0 fully saturated rings. The summed E-state index contributed by atoms with van der Waals surface area (Å²) in [5.41, 5.74) is -0.106. The molecule has 1 heterocycles. The molecule has 0 aliphatic carbocycles. The molecule has 1 N–H and O–H groups in total. The lowest BCUT2D eigenvalue weighted by atomic mass is 9.93. The summed E-state index contributed by atoms with van der Waals surface area (Å²) >= 11 is 0. The number of hydrogen-bond donors (Lipinski definition) is 1. The Morgan fingerprint density at radius 1 is 1.35 bits per heavy atom. The fourth-order valence-corrected chi connectivity index (χ4v) is 2.61. The zero-order valence-electron chi connectivity index (χ0n) is 14.4. The van der Waals surface area contributed by atoms with Crippen LogP contribution < -0.4 is 14.2 Å². The Labute approximate surface area is 136 Å². The minimum absolute atomic E-state index is 0.0138. The first-order chi connectivity index (χ1) is 10.8. The summed E-state index contributed by atoms with van der Waals surface area (Å²) in [6.07, 6.45) is 0.318. The van der Waals surface area contributed by atoms with Crippen LogP contribution in [0.4, 0.5) is 0 Å². The van der Waals surface area contributed by atoms with E-state index in [4.69, 9.17) is 19.6 Å². The Morgan fingerprint density at radius 2 is 2.00 bits per heavy atom. The van der Waals surface area contributed by atoms with E-state index >= 15 is 0 Å². The van der Waals surface area contributed by atoms with Crippen molar-refractivity contribution in [2.75, 3.05) is 20.2 Å². The lowest BCUT2D eigenvalue weighted by molar-refractivity contribution is 0.0599. The number of amidine groups is 1. The Bertz CT molecular complexity index is 621. The molecule has 126 valence electrons. The summed E-state index contributed by atoms with van der Waals surface area (Å²) in [7, 11) is 1.50. The van der Waals surface area contributed by atoms with E-state index in [0.29, 0.717) is 42.3 Å². The number of fused-ring (bicyclic) bond motifs is 1. The van der Waals surface area contributed by atoms with E-state index in [9.17, 15) is 4.79 Å². The van der Waals surface area contributed by atoms with Crippen LogP contribution in [0.3, 0.4) is 0 Å². The summed E-state index contributed by atoms with van der Waals surface area (Å²) in [5.74, 6) is 1.12. The maximum Gasteiger partial charge on any atom is 0.290 e. The van der Waals surface area contributed by atoms with E-state index < -0.39 is 5.60 Å². The molecule has 6 nitrogen and oxygen atoms in total. The van der Waals surface area contributed by atoms with E-state index in [1.165, 1.54) is 7.11 Å². The zero-order valence-corrected chi connectivity index (χ0v) is 14.4. The summed E-state index contributed by atoms with van der Waals surface area (Å²) in [4.78, 5) is 14.0. The van der Waals surface area contributed by atoms with Crippen LogP contribution in [0.15, 0.2) is 12.1 Å². The standard InChI is InChI=1S/C17H24N2O4/c1-6-19(7-2)16(18)22-13-9-8-11-12(20)10-17(3,4)23-14(11)15(13)21-5/h8-9,18H,6-7,10H2,1-5H3. The molecule has 1 aliphatic heterocycles. The van der Waals surface area contributed by atoms with Crippen molar-refractivity contribution in [3.05, 3.63) is 17.7 Å². The number of benzene rings is 1. The highest BCUT2D eigenvalue weighted by Crippen LogP contribution is 2.45. The fourth-order valence-electron chi connectivity index (χ4n) is 2.61. The second kappa shape index (κ2) is 6.48. The molecule has 0 amide bonds. The maximum absolute atomic E-state index is 12.3. The van der Waals surface area contributed by atoms with Crippen LogP contribution in [-0.2, 0) is 0 Å². The zero-order chi connectivity index (χ0) is 17.2. The lowest BCUT2D eigenvalue weighted by Crippen LogP contribution is -2.36. The molecule has 0 radical (unpaired) electrons. The molecule has 0 atom stereocenters. The monoisotopic (exact) mass is 320 g/mol. The quantitative estimate of drug-likeness (QED) is 0.682. The molecule has 0 bridgehead atoms. The van der Waals surface area contributed by atoms with Crippen molar-refractivity contribution in [2.24, 2.45) is 0 Å². The average molecular weight is 320 g/mol. The molecule has 0 saturated heterocycles. The molecule has 1 aromatic rings. The van der Waals surface area contributed by atoms with Gasteiger partial charge in [0.25, 0.3) is 6.02 Å². The van der Waals surface area contributed by atoms with Crippen LogP contribution >= 0.6 is 0 Å². The van der Waals surface area contributed by atoms with Gasteiger partial charge in [0, 0.05) is 13.1 Å². The Balaban J connectivity index is 2.40. The van der Waals surface area contributed by atoms with E-state index in [2.05, 4.69) is 0 Å². The molecule has 0 spiro atoms. The molecule has 0 aromatic heterocycles. The van der Waals surface area contributed by atoms with Crippen molar-refractivity contribution in [2.45, 2.75) is 39.7 Å². The van der Waals surface area contributed by atoms with Gasteiger partial charge in [-0.1, -0.05) is 0 Å².